The van der Waals surface area contributed by atoms with Crippen LogP contribution < -0.4 is 16.0 Å². The van der Waals surface area contributed by atoms with Gasteiger partial charge in [-0.25, -0.2) is 0 Å². The Morgan fingerprint density at radius 2 is 1.82 bits per heavy atom. The maximum atomic E-state index is 12.4. The number of amides is 1. The molecule has 1 amide bonds. The Morgan fingerprint density at radius 1 is 1.14 bits per heavy atom. The molecule has 3 N–H and O–H groups in total. The van der Waals surface area contributed by atoms with Gasteiger partial charge in [0, 0.05) is 23.4 Å². The first-order chi connectivity index (χ1) is 13.1. The lowest BCUT2D eigenvalue weighted by atomic mass is 10.1. The summed E-state index contributed by atoms with van der Waals surface area (Å²) in [5.74, 6) is -0.467. The van der Waals surface area contributed by atoms with Crippen LogP contribution in [0, 0.1) is 17.0 Å². The smallest absolute Gasteiger partial charge is 0.271 e. The molecule has 11 heteroatoms. The van der Waals surface area contributed by atoms with Crippen molar-refractivity contribution in [3.05, 3.63) is 69.8 Å². The third-order valence-corrected chi connectivity index (χ3v) is 4.35. The molecule has 0 saturated carbocycles. The lowest BCUT2D eigenvalue weighted by Crippen LogP contribution is -2.56. The second-order valence-electron chi connectivity index (χ2n) is 5.72. The molecule has 0 spiro atoms. The van der Waals surface area contributed by atoms with Crippen LogP contribution in [0.2, 0.25) is 0 Å². The summed E-state index contributed by atoms with van der Waals surface area (Å²) in [6.45, 7) is 1.85. The number of hydrogen-bond donors (Lipinski definition) is 3. The molecule has 1 atom stereocenters. The number of anilines is 1. The van der Waals surface area contributed by atoms with Crippen LogP contribution in [0.3, 0.4) is 0 Å². The number of nitro benzene ring substituents is 1. The van der Waals surface area contributed by atoms with Crippen LogP contribution in [0.5, 0.6) is 0 Å². The molecule has 0 aliphatic rings. The molecule has 0 heterocycles. The van der Waals surface area contributed by atoms with Gasteiger partial charge in [-0.1, -0.05) is 58.6 Å². The minimum Gasteiger partial charge on any atom is -0.339 e. The Morgan fingerprint density at radius 3 is 2.43 bits per heavy atom. The number of halogens is 3. The normalized spacial score (nSPS) is 12.0. The minimum absolute atomic E-state index is 0.00126. The Hall–Kier alpha value is -2.13. The Labute approximate surface area is 181 Å². The largest absolute Gasteiger partial charge is 0.339 e. The van der Waals surface area contributed by atoms with E-state index in [0.29, 0.717) is 11.3 Å². The summed E-state index contributed by atoms with van der Waals surface area (Å²) in [6.07, 6.45) is -1.16. The van der Waals surface area contributed by atoms with Gasteiger partial charge in [0.25, 0.3) is 11.6 Å². The molecule has 0 aromatic heterocycles. The molecule has 0 saturated heterocycles. The molecular weight excluding hydrogens is 447 g/mol. The van der Waals surface area contributed by atoms with Gasteiger partial charge in [-0.2, -0.15) is 0 Å². The summed E-state index contributed by atoms with van der Waals surface area (Å²) in [5, 5.41) is 18.9. The van der Waals surface area contributed by atoms with Crippen LogP contribution in [0.4, 0.5) is 11.4 Å². The van der Waals surface area contributed by atoms with Gasteiger partial charge < -0.3 is 16.0 Å². The molecule has 2 rings (SSSR count). The van der Waals surface area contributed by atoms with Crippen LogP contribution in [0.1, 0.15) is 15.9 Å². The van der Waals surface area contributed by atoms with Crippen LogP contribution in [0.25, 0.3) is 0 Å². The number of thiocarbonyl (C=S) groups is 1. The summed E-state index contributed by atoms with van der Waals surface area (Å²) < 4.78 is -1.92. The van der Waals surface area contributed by atoms with E-state index in [1.54, 1.807) is 24.3 Å². The third kappa shape index (κ3) is 6.49. The Kier molecular flexibility index (Phi) is 7.42. The molecule has 0 aliphatic heterocycles. The van der Waals surface area contributed by atoms with Crippen LogP contribution in [-0.2, 0) is 0 Å². The van der Waals surface area contributed by atoms with Crippen molar-refractivity contribution in [1.82, 2.24) is 10.6 Å². The average Bonchev–Trinajstić information content (AvgIpc) is 2.60. The molecule has 7 nitrogen and oxygen atoms in total. The van der Waals surface area contributed by atoms with Crippen LogP contribution in [0.15, 0.2) is 48.5 Å². The van der Waals surface area contributed by atoms with Gasteiger partial charge >= 0.3 is 0 Å². The van der Waals surface area contributed by atoms with E-state index in [0.717, 1.165) is 5.56 Å². The predicted octanol–water partition coefficient (Wildman–Crippen LogP) is 4.32. The quantitative estimate of drug-likeness (QED) is 0.202. The first-order valence-electron chi connectivity index (χ1n) is 7.82. The SMILES string of the molecule is Cc1cccc(C(=O)N[C@@H](NC(=S)Nc2cccc([N+](=O)[O-])c2)C(Cl)(Cl)Cl)c1. The summed E-state index contributed by atoms with van der Waals surface area (Å²) in [7, 11) is 0. The van der Waals surface area contributed by atoms with Crippen molar-refractivity contribution in [3.8, 4) is 0 Å². The van der Waals surface area contributed by atoms with Gasteiger partial charge in [0.1, 0.15) is 6.17 Å². The van der Waals surface area contributed by atoms with Crippen molar-refractivity contribution in [2.45, 2.75) is 16.9 Å². The zero-order valence-corrected chi connectivity index (χ0v) is 17.5. The van der Waals surface area contributed by atoms with Crippen molar-refractivity contribution in [3.63, 3.8) is 0 Å². The maximum absolute atomic E-state index is 12.4. The van der Waals surface area contributed by atoms with E-state index < -0.39 is 20.8 Å². The molecular formula is C17H15Cl3N4O3S. The topological polar surface area (TPSA) is 96.3 Å². The maximum Gasteiger partial charge on any atom is 0.271 e. The predicted molar refractivity (Wildman–Crippen MR) is 115 cm³/mol. The van der Waals surface area contributed by atoms with E-state index in [2.05, 4.69) is 16.0 Å². The molecule has 2 aromatic rings. The minimum atomic E-state index is -1.92. The standard InChI is InChI=1S/C17H15Cl3N4O3S/c1-10-4-2-5-11(8-10)14(25)22-15(17(18,19)20)23-16(28)21-12-6-3-7-13(9-12)24(26)27/h2-9,15H,1H3,(H,22,25)(H2,21,23,28)/t15-/m0/s1. The fourth-order valence-electron chi connectivity index (χ4n) is 2.20. The van der Waals surface area contributed by atoms with E-state index >= 15 is 0 Å². The third-order valence-electron chi connectivity index (χ3n) is 3.47. The Balaban J connectivity index is 2.09. The summed E-state index contributed by atoms with van der Waals surface area (Å²) in [4.78, 5) is 22.8. The number of alkyl halides is 3. The number of carbonyl (C=O) groups is 1. The number of non-ortho nitro benzene ring substituents is 1. The monoisotopic (exact) mass is 460 g/mol. The number of carbonyl (C=O) groups excluding carboxylic acids is 1. The van der Waals surface area contributed by atoms with Crippen LogP contribution >= 0.6 is 47.0 Å². The molecule has 148 valence electrons. The molecule has 0 unspecified atom stereocenters. The van der Waals surface area contributed by atoms with E-state index in [-0.39, 0.29) is 10.8 Å². The first-order valence-corrected chi connectivity index (χ1v) is 9.36. The van der Waals surface area contributed by atoms with Crippen molar-refractivity contribution >= 4 is 69.4 Å². The molecule has 2 aromatic carbocycles. The van der Waals surface area contributed by atoms with Crippen molar-refractivity contribution in [2.75, 3.05) is 5.32 Å². The lowest BCUT2D eigenvalue weighted by Gasteiger charge is -2.27. The summed E-state index contributed by atoms with van der Waals surface area (Å²) in [5.41, 5.74) is 1.53. The number of aryl methyl sites for hydroxylation is 1. The number of nitrogens with zero attached hydrogens (tertiary/aromatic N) is 1. The molecule has 0 radical (unpaired) electrons. The highest BCUT2D eigenvalue weighted by Crippen LogP contribution is 2.29. The van der Waals surface area contributed by atoms with Crippen molar-refractivity contribution < 1.29 is 9.72 Å². The number of nitro groups is 1. The number of hydrogen-bond acceptors (Lipinski definition) is 4. The van der Waals surface area contributed by atoms with Gasteiger partial charge in [-0.15, -0.1) is 0 Å². The number of rotatable bonds is 5. The number of benzene rings is 2. The van der Waals surface area contributed by atoms with Gasteiger partial charge in [0.15, 0.2) is 5.11 Å². The molecule has 0 aliphatic carbocycles. The second-order valence-corrected chi connectivity index (χ2v) is 8.50. The highest BCUT2D eigenvalue weighted by atomic mass is 35.6. The van der Waals surface area contributed by atoms with E-state index in [1.165, 1.54) is 18.2 Å². The van der Waals surface area contributed by atoms with Gasteiger partial charge in [0.05, 0.1) is 4.92 Å². The van der Waals surface area contributed by atoms with Gasteiger partial charge in [-0.05, 0) is 37.3 Å². The van der Waals surface area contributed by atoms with Crippen LogP contribution in [-0.4, -0.2) is 25.9 Å². The van der Waals surface area contributed by atoms with Crippen molar-refractivity contribution in [1.29, 1.82) is 0 Å². The summed E-state index contributed by atoms with van der Waals surface area (Å²) >= 11 is 23.0. The van der Waals surface area contributed by atoms with E-state index in [9.17, 15) is 14.9 Å². The fourth-order valence-corrected chi connectivity index (χ4v) is 2.76. The molecule has 0 bridgehead atoms. The lowest BCUT2D eigenvalue weighted by molar-refractivity contribution is -0.384. The highest BCUT2D eigenvalue weighted by Gasteiger charge is 2.35. The van der Waals surface area contributed by atoms with E-state index in [4.69, 9.17) is 47.0 Å². The fraction of sp³-hybridized carbons (Fsp3) is 0.176. The van der Waals surface area contributed by atoms with Crippen molar-refractivity contribution in [2.24, 2.45) is 0 Å². The average molecular weight is 462 g/mol. The van der Waals surface area contributed by atoms with E-state index in [1.807, 2.05) is 13.0 Å². The van der Waals surface area contributed by atoms with Gasteiger partial charge in [0.2, 0.25) is 3.79 Å². The van der Waals surface area contributed by atoms with Gasteiger partial charge in [-0.3, -0.25) is 14.9 Å². The zero-order chi connectivity index (χ0) is 20.9. The molecule has 0 fully saturated rings. The summed E-state index contributed by atoms with van der Waals surface area (Å²) in [6, 6.07) is 12.6. The zero-order valence-electron chi connectivity index (χ0n) is 14.4. The number of nitrogens with one attached hydrogen (secondary N) is 3. The highest BCUT2D eigenvalue weighted by molar-refractivity contribution is 7.80. The first kappa shape index (κ1) is 22.2. The Bertz CT molecular complexity index is 905. The molecule has 28 heavy (non-hydrogen) atoms. The second kappa shape index (κ2) is 9.38.